The van der Waals surface area contributed by atoms with Crippen LogP contribution in [0.25, 0.3) is 10.8 Å². The molecule has 0 aliphatic rings. The Bertz CT molecular complexity index is 1380. The highest BCUT2D eigenvalue weighted by Crippen LogP contribution is 2.33. The lowest BCUT2D eigenvalue weighted by atomic mass is 10.0. The second-order valence-electron chi connectivity index (χ2n) is 8.58. The maximum absolute atomic E-state index is 13.7. The largest absolute Gasteiger partial charge is 0.497 e. The molecular weight excluding hydrogens is 532 g/mol. The number of benzene rings is 4. The molecule has 0 unspecified atom stereocenters. The van der Waals surface area contributed by atoms with Crippen molar-refractivity contribution in [3.05, 3.63) is 107 Å². The Morgan fingerprint density at radius 3 is 2.41 bits per heavy atom. The summed E-state index contributed by atoms with van der Waals surface area (Å²) >= 11 is 3.62. The van der Waals surface area contributed by atoms with E-state index in [1.54, 1.807) is 19.1 Å². The van der Waals surface area contributed by atoms with E-state index in [1.165, 1.54) is 0 Å². The molecular formula is C30H29BrN2O4. The Morgan fingerprint density at radius 2 is 1.65 bits per heavy atom. The van der Waals surface area contributed by atoms with E-state index in [4.69, 9.17) is 9.47 Å². The van der Waals surface area contributed by atoms with Gasteiger partial charge in [0.2, 0.25) is 5.91 Å². The number of halogens is 1. The van der Waals surface area contributed by atoms with Crippen molar-refractivity contribution in [2.75, 3.05) is 20.8 Å². The van der Waals surface area contributed by atoms with E-state index in [0.717, 1.165) is 26.4 Å². The van der Waals surface area contributed by atoms with Crippen molar-refractivity contribution in [2.45, 2.75) is 19.0 Å². The SMILES string of the molecule is CNC(=O)[C@H](Cc1ccccc1)N(Cc1cccc(OC)c1)C(=O)COc1ccc2ccccc2c1Br. The molecule has 0 radical (unpaired) electrons. The van der Waals surface area contributed by atoms with Crippen LogP contribution in [0.2, 0.25) is 0 Å². The van der Waals surface area contributed by atoms with Crippen molar-refractivity contribution in [1.82, 2.24) is 10.2 Å². The fourth-order valence-corrected chi connectivity index (χ4v) is 4.84. The summed E-state index contributed by atoms with van der Waals surface area (Å²) in [5.41, 5.74) is 1.80. The molecule has 0 aromatic heterocycles. The van der Waals surface area contributed by atoms with E-state index in [1.807, 2.05) is 91.0 Å². The molecule has 2 amide bonds. The number of amides is 2. The van der Waals surface area contributed by atoms with Crippen molar-refractivity contribution >= 4 is 38.5 Å². The Hall–Kier alpha value is -3.84. The van der Waals surface area contributed by atoms with Gasteiger partial charge >= 0.3 is 0 Å². The summed E-state index contributed by atoms with van der Waals surface area (Å²) in [4.78, 5) is 28.3. The zero-order valence-electron chi connectivity index (χ0n) is 20.8. The summed E-state index contributed by atoms with van der Waals surface area (Å²) in [6.45, 7) is 0.00635. The average molecular weight is 561 g/mol. The summed E-state index contributed by atoms with van der Waals surface area (Å²) in [7, 11) is 3.18. The van der Waals surface area contributed by atoms with Crippen molar-refractivity contribution < 1.29 is 19.1 Å². The molecule has 0 bridgehead atoms. The minimum absolute atomic E-state index is 0.219. The van der Waals surface area contributed by atoms with Crippen LogP contribution in [-0.4, -0.2) is 43.5 Å². The Balaban J connectivity index is 1.62. The Morgan fingerprint density at radius 1 is 0.919 bits per heavy atom. The standard InChI is InChI=1S/C30H29BrN2O4/c1-32-30(35)26(18-21-9-4-3-5-10-21)33(19-22-11-8-13-24(17-22)36-2)28(34)20-37-27-16-15-23-12-6-7-14-25(23)29(27)31/h3-17,26H,18-20H2,1-2H3,(H,32,35)/t26-/m0/s1. The highest BCUT2D eigenvalue weighted by atomic mass is 79.9. The molecule has 0 aliphatic carbocycles. The average Bonchev–Trinajstić information content (AvgIpc) is 2.94. The van der Waals surface area contributed by atoms with Crippen LogP contribution in [-0.2, 0) is 22.6 Å². The summed E-state index contributed by atoms with van der Waals surface area (Å²) < 4.78 is 12.1. The monoisotopic (exact) mass is 560 g/mol. The van der Waals surface area contributed by atoms with Crippen molar-refractivity contribution in [3.63, 3.8) is 0 Å². The van der Waals surface area contributed by atoms with Gasteiger partial charge in [-0.3, -0.25) is 9.59 Å². The highest BCUT2D eigenvalue weighted by Gasteiger charge is 2.30. The number of rotatable bonds is 10. The zero-order chi connectivity index (χ0) is 26.2. The number of likely N-dealkylation sites (N-methyl/N-ethyl adjacent to an activating group) is 1. The van der Waals surface area contributed by atoms with Crippen LogP contribution in [0.5, 0.6) is 11.5 Å². The van der Waals surface area contributed by atoms with E-state index in [-0.39, 0.29) is 25.0 Å². The molecule has 0 aliphatic heterocycles. The lowest BCUT2D eigenvalue weighted by Gasteiger charge is -2.31. The first kappa shape index (κ1) is 26.2. The van der Waals surface area contributed by atoms with Gasteiger partial charge in [-0.15, -0.1) is 0 Å². The fourth-order valence-electron chi connectivity index (χ4n) is 4.24. The van der Waals surface area contributed by atoms with Gasteiger partial charge in [0.25, 0.3) is 5.91 Å². The third-order valence-corrected chi connectivity index (χ3v) is 7.00. The van der Waals surface area contributed by atoms with Gasteiger partial charge in [0.1, 0.15) is 17.5 Å². The number of ether oxygens (including phenoxy) is 2. The number of methoxy groups -OCH3 is 1. The molecule has 190 valence electrons. The van der Waals surface area contributed by atoms with E-state index >= 15 is 0 Å². The van der Waals surface area contributed by atoms with E-state index < -0.39 is 6.04 Å². The molecule has 1 N–H and O–H groups in total. The molecule has 0 heterocycles. The first-order chi connectivity index (χ1) is 18.0. The quantitative estimate of drug-likeness (QED) is 0.283. The summed E-state index contributed by atoms with van der Waals surface area (Å²) in [6.07, 6.45) is 0.371. The molecule has 4 aromatic carbocycles. The second kappa shape index (κ2) is 12.4. The third-order valence-electron chi connectivity index (χ3n) is 6.18. The van der Waals surface area contributed by atoms with Gasteiger partial charge in [0.05, 0.1) is 11.6 Å². The van der Waals surface area contributed by atoms with Crippen molar-refractivity contribution in [3.8, 4) is 11.5 Å². The van der Waals surface area contributed by atoms with Crippen LogP contribution >= 0.6 is 15.9 Å². The van der Waals surface area contributed by atoms with Crippen LogP contribution in [0.4, 0.5) is 0 Å². The predicted octanol–water partition coefficient (Wildman–Crippen LogP) is 5.38. The topological polar surface area (TPSA) is 67.9 Å². The van der Waals surface area contributed by atoms with Crippen LogP contribution in [0.15, 0.2) is 95.5 Å². The molecule has 6 nitrogen and oxygen atoms in total. The number of fused-ring (bicyclic) bond motifs is 1. The molecule has 0 fully saturated rings. The van der Waals surface area contributed by atoms with Crippen LogP contribution in [0, 0.1) is 0 Å². The number of nitrogens with zero attached hydrogens (tertiary/aromatic N) is 1. The summed E-state index contributed by atoms with van der Waals surface area (Å²) in [6, 6.07) is 28.2. The third kappa shape index (κ3) is 6.49. The number of nitrogens with one attached hydrogen (secondary N) is 1. The number of hydrogen-bond donors (Lipinski definition) is 1. The van der Waals surface area contributed by atoms with Gasteiger partial charge in [0, 0.05) is 20.0 Å². The zero-order valence-corrected chi connectivity index (χ0v) is 22.4. The molecule has 37 heavy (non-hydrogen) atoms. The Labute approximate surface area is 225 Å². The van der Waals surface area contributed by atoms with Crippen LogP contribution in [0.1, 0.15) is 11.1 Å². The van der Waals surface area contributed by atoms with Gasteiger partial charge in [0.15, 0.2) is 6.61 Å². The van der Waals surface area contributed by atoms with Crippen LogP contribution < -0.4 is 14.8 Å². The lowest BCUT2D eigenvalue weighted by Crippen LogP contribution is -2.51. The molecule has 7 heteroatoms. The highest BCUT2D eigenvalue weighted by molar-refractivity contribution is 9.10. The molecule has 0 saturated carbocycles. The molecule has 4 aromatic rings. The predicted molar refractivity (Wildman–Crippen MR) is 149 cm³/mol. The summed E-state index contributed by atoms with van der Waals surface area (Å²) in [5.74, 6) is 0.702. The Kier molecular flexibility index (Phi) is 8.80. The van der Waals surface area contributed by atoms with Gasteiger partial charge in [-0.25, -0.2) is 0 Å². The first-order valence-electron chi connectivity index (χ1n) is 12.0. The van der Waals surface area contributed by atoms with Crippen molar-refractivity contribution in [1.29, 1.82) is 0 Å². The second-order valence-corrected chi connectivity index (χ2v) is 9.37. The smallest absolute Gasteiger partial charge is 0.261 e. The maximum Gasteiger partial charge on any atom is 0.261 e. The minimum atomic E-state index is -0.727. The number of carbonyl (C=O) groups excluding carboxylic acids is 2. The number of hydrogen-bond acceptors (Lipinski definition) is 4. The molecule has 1 atom stereocenters. The molecule has 4 rings (SSSR count). The molecule has 0 spiro atoms. The van der Waals surface area contributed by atoms with Crippen LogP contribution in [0.3, 0.4) is 0 Å². The van der Waals surface area contributed by atoms with Gasteiger partial charge in [-0.1, -0.05) is 72.8 Å². The number of carbonyl (C=O) groups is 2. The summed E-state index contributed by atoms with van der Waals surface area (Å²) in [5, 5.41) is 4.78. The van der Waals surface area contributed by atoms with Gasteiger partial charge < -0.3 is 19.7 Å². The first-order valence-corrected chi connectivity index (χ1v) is 12.8. The maximum atomic E-state index is 13.7. The fraction of sp³-hybridized carbons (Fsp3) is 0.200. The van der Waals surface area contributed by atoms with Crippen molar-refractivity contribution in [2.24, 2.45) is 0 Å². The van der Waals surface area contributed by atoms with Gasteiger partial charge in [-0.2, -0.15) is 0 Å². The molecule has 0 saturated heterocycles. The lowest BCUT2D eigenvalue weighted by molar-refractivity contribution is -0.142. The minimum Gasteiger partial charge on any atom is -0.497 e. The van der Waals surface area contributed by atoms with Gasteiger partial charge in [-0.05, 0) is 56.0 Å². The normalized spacial score (nSPS) is 11.5. The van der Waals surface area contributed by atoms with E-state index in [0.29, 0.717) is 17.9 Å². The van der Waals surface area contributed by atoms with E-state index in [9.17, 15) is 9.59 Å². The van der Waals surface area contributed by atoms with E-state index in [2.05, 4.69) is 21.2 Å².